The molecule has 0 amide bonds. The van der Waals surface area contributed by atoms with Gasteiger partial charge in [-0.2, -0.15) is 5.10 Å². The van der Waals surface area contributed by atoms with Gasteiger partial charge in [-0.3, -0.25) is 4.68 Å². The summed E-state index contributed by atoms with van der Waals surface area (Å²) >= 11 is 7.22. The van der Waals surface area contributed by atoms with Crippen LogP contribution in [-0.2, 0) is 7.05 Å². The molecule has 2 rings (SSSR count). The number of fused-ring (bicyclic) bond motifs is 1. The zero-order valence-electron chi connectivity index (χ0n) is 9.26. The average molecular weight is 205 g/mol. The molecule has 0 unspecified atom stereocenters. The first-order chi connectivity index (χ1) is 6.87. The van der Waals surface area contributed by atoms with Gasteiger partial charge in [-0.15, -0.1) is 11.3 Å². The summed E-state index contributed by atoms with van der Waals surface area (Å²) in [4.78, 5) is 0.853. The topological polar surface area (TPSA) is 29.9 Å². The van der Waals surface area contributed by atoms with Crippen LogP contribution in [0.3, 0.4) is 0 Å². The molecule has 0 saturated heterocycles. The van der Waals surface area contributed by atoms with Crippen LogP contribution in [0.2, 0.25) is 4.34 Å². The lowest BCUT2D eigenvalue weighted by atomic mass is 10.4. The van der Waals surface area contributed by atoms with Crippen LogP contribution in [0.4, 0.5) is 5.82 Å². The van der Waals surface area contributed by atoms with Crippen molar-refractivity contribution >= 4 is 39.0 Å². The maximum Gasteiger partial charge on any atom is 0.156 e. The first kappa shape index (κ1) is 5.09. The lowest BCUT2D eigenvalue weighted by Gasteiger charge is -1.90. The third-order valence-corrected chi connectivity index (χ3v) is 2.93. The van der Waals surface area contributed by atoms with E-state index in [1.54, 1.807) is 17.8 Å². The Bertz CT molecular complexity index is 501. The fourth-order valence-corrected chi connectivity index (χ4v) is 2.23. The standard InChI is InChI=1S/C7H8ClN3S/c1-9-6-4-3-5(8)12-7(4)11(2)10-6/h3H,1-2H3,(H,9,10)/i1D3. The third kappa shape index (κ3) is 0.990. The van der Waals surface area contributed by atoms with Gasteiger partial charge in [0.2, 0.25) is 0 Å². The van der Waals surface area contributed by atoms with Crippen LogP contribution in [0.5, 0.6) is 0 Å². The summed E-state index contributed by atoms with van der Waals surface area (Å²) in [5, 5.41) is 7.19. The Hall–Kier alpha value is -0.740. The van der Waals surface area contributed by atoms with Crippen LogP contribution in [0, 0.1) is 0 Å². The minimum atomic E-state index is -2.24. The second-order valence-electron chi connectivity index (χ2n) is 2.37. The van der Waals surface area contributed by atoms with E-state index in [2.05, 4.69) is 10.4 Å². The SMILES string of the molecule is [2H]C([2H])([2H])Nc1nn(C)c2sc(Cl)cc12. The van der Waals surface area contributed by atoms with Crippen molar-refractivity contribution < 1.29 is 4.11 Å². The summed E-state index contributed by atoms with van der Waals surface area (Å²) in [5.41, 5.74) is 0. The lowest BCUT2D eigenvalue weighted by molar-refractivity contribution is 0.805. The van der Waals surface area contributed by atoms with Gasteiger partial charge in [0, 0.05) is 18.1 Å². The number of anilines is 1. The number of aromatic nitrogens is 2. The first-order valence-corrected chi connectivity index (χ1v) is 4.46. The second kappa shape index (κ2) is 2.64. The quantitative estimate of drug-likeness (QED) is 0.773. The summed E-state index contributed by atoms with van der Waals surface area (Å²) in [7, 11) is 1.75. The Labute approximate surface area is 83.2 Å². The van der Waals surface area contributed by atoms with E-state index in [-0.39, 0.29) is 0 Å². The van der Waals surface area contributed by atoms with Crippen molar-refractivity contribution in [2.24, 2.45) is 7.05 Å². The number of hydrogen-bond acceptors (Lipinski definition) is 3. The summed E-state index contributed by atoms with van der Waals surface area (Å²) in [6.07, 6.45) is 0. The molecule has 0 aliphatic heterocycles. The molecule has 12 heavy (non-hydrogen) atoms. The molecular formula is C7H8ClN3S. The van der Waals surface area contributed by atoms with Crippen molar-refractivity contribution in [3.05, 3.63) is 10.4 Å². The van der Waals surface area contributed by atoms with E-state index in [1.807, 2.05) is 0 Å². The number of nitrogens with one attached hydrogen (secondary N) is 1. The minimum Gasteiger partial charge on any atom is -0.371 e. The molecular weight excluding hydrogens is 194 g/mol. The van der Waals surface area contributed by atoms with E-state index >= 15 is 0 Å². The molecule has 0 radical (unpaired) electrons. The van der Waals surface area contributed by atoms with E-state index in [0.29, 0.717) is 10.2 Å². The van der Waals surface area contributed by atoms with E-state index in [4.69, 9.17) is 15.7 Å². The largest absolute Gasteiger partial charge is 0.371 e. The molecule has 2 heterocycles. The van der Waals surface area contributed by atoms with Gasteiger partial charge in [-0.1, -0.05) is 11.6 Å². The van der Waals surface area contributed by atoms with Crippen LogP contribution < -0.4 is 5.32 Å². The van der Waals surface area contributed by atoms with Crippen molar-refractivity contribution in [1.29, 1.82) is 0 Å². The Morgan fingerprint density at radius 1 is 1.83 bits per heavy atom. The highest BCUT2D eigenvalue weighted by Gasteiger charge is 2.09. The van der Waals surface area contributed by atoms with Gasteiger partial charge < -0.3 is 5.32 Å². The molecule has 2 aromatic heterocycles. The van der Waals surface area contributed by atoms with Crippen LogP contribution in [0.1, 0.15) is 4.11 Å². The minimum absolute atomic E-state index is 0.343. The summed E-state index contributed by atoms with van der Waals surface area (Å²) in [6, 6.07) is 1.71. The highest BCUT2D eigenvalue weighted by atomic mass is 35.5. The van der Waals surface area contributed by atoms with Gasteiger partial charge in [0.15, 0.2) is 5.82 Å². The first-order valence-electron chi connectivity index (χ1n) is 4.77. The van der Waals surface area contributed by atoms with E-state index in [1.165, 1.54) is 11.3 Å². The van der Waals surface area contributed by atoms with Crippen LogP contribution >= 0.6 is 22.9 Å². The molecule has 0 saturated carbocycles. The van der Waals surface area contributed by atoms with Crippen LogP contribution in [0.15, 0.2) is 6.07 Å². The number of halogens is 1. The molecule has 0 bridgehead atoms. The Morgan fingerprint density at radius 3 is 3.42 bits per heavy atom. The second-order valence-corrected chi connectivity index (χ2v) is 4.03. The van der Waals surface area contributed by atoms with Gasteiger partial charge in [0.25, 0.3) is 0 Å². The Balaban J connectivity index is 2.51. The smallest absolute Gasteiger partial charge is 0.156 e. The number of nitrogens with zero attached hydrogens (tertiary/aromatic N) is 2. The molecule has 3 nitrogen and oxygen atoms in total. The summed E-state index contributed by atoms with van der Waals surface area (Å²) < 4.78 is 23.5. The van der Waals surface area contributed by atoms with Crippen LogP contribution in [0.25, 0.3) is 10.2 Å². The number of rotatable bonds is 1. The highest BCUT2D eigenvalue weighted by Crippen LogP contribution is 2.33. The number of thiophene rings is 1. The van der Waals surface area contributed by atoms with Crippen molar-refractivity contribution in [2.75, 3.05) is 12.3 Å². The van der Waals surface area contributed by atoms with Gasteiger partial charge in [0.1, 0.15) is 4.83 Å². The fourth-order valence-electron chi connectivity index (χ4n) is 1.10. The van der Waals surface area contributed by atoms with Gasteiger partial charge >= 0.3 is 0 Å². The van der Waals surface area contributed by atoms with Gasteiger partial charge in [-0.05, 0) is 6.07 Å². The van der Waals surface area contributed by atoms with Crippen molar-refractivity contribution in [1.82, 2.24) is 9.78 Å². The zero-order valence-corrected chi connectivity index (χ0v) is 7.83. The normalized spacial score (nSPS) is 15.7. The molecule has 5 heteroatoms. The van der Waals surface area contributed by atoms with Gasteiger partial charge in [-0.25, -0.2) is 0 Å². The van der Waals surface area contributed by atoms with Crippen molar-refractivity contribution in [3.63, 3.8) is 0 Å². The molecule has 64 valence electrons. The molecule has 0 fully saturated rings. The maximum absolute atomic E-state index is 7.10. The van der Waals surface area contributed by atoms with Crippen LogP contribution in [-0.4, -0.2) is 16.8 Å². The summed E-state index contributed by atoms with van der Waals surface area (Å²) in [6.45, 7) is -2.24. The molecule has 2 aromatic rings. The molecule has 0 spiro atoms. The maximum atomic E-state index is 7.10. The average Bonchev–Trinajstić information content (AvgIpc) is 2.52. The highest BCUT2D eigenvalue weighted by molar-refractivity contribution is 7.22. The number of aryl methyl sites for hydroxylation is 1. The van der Waals surface area contributed by atoms with Gasteiger partial charge in [0.05, 0.1) is 9.72 Å². The number of hydrogen-bond donors (Lipinski definition) is 1. The monoisotopic (exact) mass is 204 g/mol. The Kier molecular flexibility index (Phi) is 1.12. The molecule has 0 atom stereocenters. The molecule has 0 aliphatic carbocycles. The van der Waals surface area contributed by atoms with Crippen molar-refractivity contribution in [2.45, 2.75) is 0 Å². The third-order valence-electron chi connectivity index (χ3n) is 1.60. The predicted molar refractivity (Wildman–Crippen MR) is 53.1 cm³/mol. The van der Waals surface area contributed by atoms with E-state index < -0.39 is 6.98 Å². The molecule has 1 N–H and O–H groups in total. The predicted octanol–water partition coefficient (Wildman–Crippen LogP) is 2.33. The van der Waals surface area contributed by atoms with E-state index in [9.17, 15) is 0 Å². The fraction of sp³-hybridized carbons (Fsp3) is 0.286. The molecule has 0 aliphatic rings. The zero-order chi connectivity index (χ0) is 11.2. The van der Waals surface area contributed by atoms with Crippen molar-refractivity contribution in [3.8, 4) is 0 Å². The molecule has 0 aromatic carbocycles. The lowest BCUT2D eigenvalue weighted by Crippen LogP contribution is -1.92. The summed E-state index contributed by atoms with van der Waals surface area (Å²) in [5.74, 6) is 0.343. The Morgan fingerprint density at radius 2 is 2.67 bits per heavy atom. The van der Waals surface area contributed by atoms with E-state index in [0.717, 1.165) is 10.2 Å².